The summed E-state index contributed by atoms with van der Waals surface area (Å²) in [6.07, 6.45) is 0.179. The molecule has 0 aliphatic rings. The molecule has 0 aromatic heterocycles. The Morgan fingerprint density at radius 3 is 2.50 bits per heavy atom. The van der Waals surface area contributed by atoms with Gasteiger partial charge in [-0.25, -0.2) is 13.6 Å². The molecule has 1 amide bonds. The Morgan fingerprint density at radius 2 is 2.00 bits per heavy atom. The van der Waals surface area contributed by atoms with Crippen molar-refractivity contribution in [3.8, 4) is 0 Å². The summed E-state index contributed by atoms with van der Waals surface area (Å²) in [5.74, 6) is -0.267. The van der Waals surface area contributed by atoms with E-state index in [0.717, 1.165) is 0 Å². The fourth-order valence-electron chi connectivity index (χ4n) is 1.34. The van der Waals surface area contributed by atoms with Crippen molar-refractivity contribution >= 4 is 34.0 Å². The van der Waals surface area contributed by atoms with Gasteiger partial charge < -0.3 is 11.1 Å². The molecule has 0 atom stereocenters. The maximum absolute atomic E-state index is 11.3. The lowest BCUT2D eigenvalue weighted by atomic mass is 10.2. The van der Waals surface area contributed by atoms with Gasteiger partial charge in [-0.15, -0.1) is 12.4 Å². The minimum absolute atomic E-state index is 0. The van der Waals surface area contributed by atoms with Gasteiger partial charge in [0.25, 0.3) is 0 Å². The highest BCUT2D eigenvalue weighted by Crippen LogP contribution is 2.18. The number of benzene rings is 1. The molecule has 0 saturated heterocycles. The molecule has 1 rings (SSSR count). The largest absolute Gasteiger partial charge is 0.330 e. The van der Waals surface area contributed by atoms with Gasteiger partial charge in [-0.1, -0.05) is 6.07 Å². The van der Waals surface area contributed by atoms with E-state index in [0.29, 0.717) is 11.3 Å². The maximum atomic E-state index is 11.3. The minimum atomic E-state index is -3.78. The first kappa shape index (κ1) is 16.9. The molecule has 6 nitrogen and oxygen atoms in total. The predicted molar refractivity (Wildman–Crippen MR) is 72.1 cm³/mol. The van der Waals surface area contributed by atoms with Gasteiger partial charge >= 0.3 is 0 Å². The average molecular weight is 294 g/mol. The Balaban J connectivity index is 0.00000289. The third-order valence-electron chi connectivity index (χ3n) is 2.15. The number of amides is 1. The first-order valence-electron chi connectivity index (χ1n) is 4.98. The molecule has 0 aliphatic carbocycles. The highest BCUT2D eigenvalue weighted by atomic mass is 35.5. The van der Waals surface area contributed by atoms with Crippen LogP contribution in [0.2, 0.25) is 0 Å². The lowest BCUT2D eigenvalue weighted by molar-refractivity contribution is -0.116. The lowest BCUT2D eigenvalue weighted by Crippen LogP contribution is -2.17. The van der Waals surface area contributed by atoms with Gasteiger partial charge in [0.2, 0.25) is 15.9 Å². The summed E-state index contributed by atoms with van der Waals surface area (Å²) in [4.78, 5) is 11.3. The molecule has 18 heavy (non-hydrogen) atoms. The quantitative estimate of drug-likeness (QED) is 0.743. The number of sulfonamides is 1. The van der Waals surface area contributed by atoms with E-state index < -0.39 is 10.0 Å². The Morgan fingerprint density at radius 1 is 1.39 bits per heavy atom. The molecule has 0 fully saturated rings. The number of carbonyl (C=O) groups excluding carboxylic acids is 1. The van der Waals surface area contributed by atoms with E-state index in [1.807, 2.05) is 0 Å². The van der Waals surface area contributed by atoms with Gasteiger partial charge in [0.05, 0.1) is 4.90 Å². The van der Waals surface area contributed by atoms with Crippen molar-refractivity contribution < 1.29 is 13.2 Å². The van der Waals surface area contributed by atoms with Crippen LogP contribution in [0.25, 0.3) is 0 Å². The number of primary sulfonamides is 1. The minimum Gasteiger partial charge on any atom is -0.330 e. The summed E-state index contributed by atoms with van der Waals surface area (Å²) in [5, 5.41) is 7.60. The molecule has 0 saturated carbocycles. The number of anilines is 1. The van der Waals surface area contributed by atoms with Crippen LogP contribution >= 0.6 is 12.4 Å². The zero-order chi connectivity index (χ0) is 13.1. The number of rotatable bonds is 4. The summed E-state index contributed by atoms with van der Waals surface area (Å²) >= 11 is 0. The summed E-state index contributed by atoms with van der Waals surface area (Å²) in [5.41, 5.74) is 6.15. The zero-order valence-corrected chi connectivity index (χ0v) is 11.5. The van der Waals surface area contributed by atoms with Crippen LogP contribution < -0.4 is 16.2 Å². The van der Waals surface area contributed by atoms with Crippen LogP contribution in [-0.4, -0.2) is 20.9 Å². The third-order valence-corrected chi connectivity index (χ3v) is 3.20. The van der Waals surface area contributed by atoms with E-state index in [9.17, 15) is 13.2 Å². The van der Waals surface area contributed by atoms with Crippen LogP contribution in [-0.2, 0) is 14.8 Å². The summed E-state index contributed by atoms with van der Waals surface area (Å²) in [6, 6.07) is 4.52. The molecule has 0 spiro atoms. The molecular weight excluding hydrogens is 278 g/mol. The third kappa shape index (κ3) is 4.61. The smallest absolute Gasteiger partial charge is 0.238 e. The van der Waals surface area contributed by atoms with E-state index in [2.05, 4.69) is 5.32 Å². The van der Waals surface area contributed by atoms with E-state index in [4.69, 9.17) is 10.9 Å². The standard InChI is InChI=1S/C10H15N3O3S.ClH/c1-7-2-3-8(13-10(14)4-5-11)6-9(7)17(12,15)16;/h2-3,6H,4-5,11H2,1H3,(H,13,14)(H2,12,15,16);1H. The highest BCUT2D eigenvalue weighted by molar-refractivity contribution is 7.89. The van der Waals surface area contributed by atoms with Crippen molar-refractivity contribution in [1.82, 2.24) is 0 Å². The second kappa shape index (κ2) is 6.69. The summed E-state index contributed by atoms with van der Waals surface area (Å²) < 4.78 is 22.5. The number of aryl methyl sites for hydroxylation is 1. The van der Waals surface area contributed by atoms with E-state index in [1.54, 1.807) is 19.1 Å². The summed E-state index contributed by atoms with van der Waals surface area (Å²) in [7, 11) is -3.78. The molecule has 1 aromatic carbocycles. The van der Waals surface area contributed by atoms with Gasteiger partial charge in [-0.2, -0.15) is 0 Å². The number of carbonyl (C=O) groups is 1. The van der Waals surface area contributed by atoms with Crippen molar-refractivity contribution in [3.63, 3.8) is 0 Å². The molecule has 1 aromatic rings. The van der Waals surface area contributed by atoms with Crippen molar-refractivity contribution in [2.24, 2.45) is 10.9 Å². The zero-order valence-electron chi connectivity index (χ0n) is 9.84. The van der Waals surface area contributed by atoms with Gasteiger partial charge in [-0.05, 0) is 24.6 Å². The molecule has 5 N–H and O–H groups in total. The van der Waals surface area contributed by atoms with E-state index in [-0.39, 0.29) is 36.2 Å². The van der Waals surface area contributed by atoms with Crippen LogP contribution in [0.4, 0.5) is 5.69 Å². The van der Waals surface area contributed by atoms with Crippen molar-refractivity contribution in [2.75, 3.05) is 11.9 Å². The van der Waals surface area contributed by atoms with Crippen LogP contribution in [0.5, 0.6) is 0 Å². The second-order valence-electron chi connectivity index (χ2n) is 3.61. The molecule has 0 heterocycles. The second-order valence-corrected chi connectivity index (χ2v) is 5.14. The molecule has 0 aliphatic heterocycles. The van der Waals surface area contributed by atoms with Crippen molar-refractivity contribution in [3.05, 3.63) is 23.8 Å². The van der Waals surface area contributed by atoms with Crippen molar-refractivity contribution in [2.45, 2.75) is 18.2 Å². The van der Waals surface area contributed by atoms with Crippen LogP contribution in [0.3, 0.4) is 0 Å². The molecular formula is C10H16ClN3O3S. The average Bonchev–Trinajstić information content (AvgIpc) is 2.19. The van der Waals surface area contributed by atoms with Gasteiger partial charge in [-0.3, -0.25) is 4.79 Å². The Bertz CT molecular complexity index is 531. The maximum Gasteiger partial charge on any atom is 0.238 e. The lowest BCUT2D eigenvalue weighted by Gasteiger charge is -2.08. The Kier molecular flexibility index (Phi) is 6.27. The Hall–Kier alpha value is -1.15. The fraction of sp³-hybridized carbons (Fsp3) is 0.300. The van der Waals surface area contributed by atoms with Gasteiger partial charge in [0.1, 0.15) is 0 Å². The number of hydrogen-bond acceptors (Lipinski definition) is 4. The Labute approximate surface area is 112 Å². The summed E-state index contributed by atoms with van der Waals surface area (Å²) in [6.45, 7) is 1.87. The molecule has 0 radical (unpaired) electrons. The normalized spacial score (nSPS) is 10.6. The number of nitrogens with two attached hydrogens (primary N) is 2. The van der Waals surface area contributed by atoms with Crippen LogP contribution in [0.15, 0.2) is 23.1 Å². The number of halogens is 1. The topological polar surface area (TPSA) is 115 Å². The molecule has 0 unspecified atom stereocenters. The van der Waals surface area contributed by atoms with E-state index in [1.165, 1.54) is 6.07 Å². The fourth-order valence-corrected chi connectivity index (χ4v) is 2.15. The van der Waals surface area contributed by atoms with Crippen LogP contribution in [0, 0.1) is 6.92 Å². The van der Waals surface area contributed by atoms with Gasteiger partial charge in [0, 0.05) is 18.7 Å². The van der Waals surface area contributed by atoms with Crippen molar-refractivity contribution in [1.29, 1.82) is 0 Å². The SMILES string of the molecule is Cc1ccc(NC(=O)CCN)cc1S(N)(=O)=O.Cl. The first-order chi connectivity index (χ1) is 7.84. The molecule has 0 bridgehead atoms. The molecule has 8 heteroatoms. The molecule has 102 valence electrons. The van der Waals surface area contributed by atoms with Crippen LogP contribution in [0.1, 0.15) is 12.0 Å². The van der Waals surface area contributed by atoms with Gasteiger partial charge in [0.15, 0.2) is 0 Å². The predicted octanol–water partition coefficient (Wildman–Crippen LogP) is 0.352. The van der Waals surface area contributed by atoms with E-state index >= 15 is 0 Å². The number of nitrogens with one attached hydrogen (secondary N) is 1. The number of hydrogen-bond donors (Lipinski definition) is 3. The monoisotopic (exact) mass is 293 g/mol. The highest BCUT2D eigenvalue weighted by Gasteiger charge is 2.12. The first-order valence-corrected chi connectivity index (χ1v) is 6.52.